The summed E-state index contributed by atoms with van der Waals surface area (Å²) in [7, 11) is 0. The van der Waals surface area contributed by atoms with E-state index in [1.165, 1.54) is 6.08 Å². The molecular formula is C15H15ClN2O3. The van der Waals surface area contributed by atoms with Crippen LogP contribution in [0, 0.1) is 0 Å². The fourth-order valence-corrected chi connectivity index (χ4v) is 1.89. The smallest absolute Gasteiger partial charge is 0.328 e. The van der Waals surface area contributed by atoms with Crippen LogP contribution in [-0.2, 0) is 4.79 Å². The fourth-order valence-electron chi connectivity index (χ4n) is 1.66. The van der Waals surface area contributed by atoms with Gasteiger partial charge in [0.1, 0.15) is 5.75 Å². The number of hydrogen-bond acceptors (Lipinski definition) is 3. The minimum atomic E-state index is -1.02. The summed E-state index contributed by atoms with van der Waals surface area (Å²) < 4.78 is 7.45. The second-order valence-corrected chi connectivity index (χ2v) is 5.11. The molecule has 21 heavy (non-hydrogen) atoms. The van der Waals surface area contributed by atoms with Crippen molar-refractivity contribution in [3.8, 4) is 11.5 Å². The molecule has 0 aliphatic heterocycles. The Morgan fingerprint density at radius 3 is 2.76 bits per heavy atom. The van der Waals surface area contributed by atoms with Gasteiger partial charge in [0.25, 0.3) is 0 Å². The van der Waals surface area contributed by atoms with Gasteiger partial charge in [-0.15, -0.1) is 0 Å². The van der Waals surface area contributed by atoms with E-state index in [9.17, 15) is 4.79 Å². The third-order valence-corrected chi connectivity index (χ3v) is 3.05. The highest BCUT2D eigenvalue weighted by molar-refractivity contribution is 6.32. The first-order valence-corrected chi connectivity index (χ1v) is 6.76. The van der Waals surface area contributed by atoms with E-state index < -0.39 is 5.97 Å². The van der Waals surface area contributed by atoms with E-state index in [-0.39, 0.29) is 6.04 Å². The van der Waals surface area contributed by atoms with E-state index in [2.05, 4.69) is 5.10 Å². The van der Waals surface area contributed by atoms with Gasteiger partial charge in [0.15, 0.2) is 5.75 Å². The Hall–Kier alpha value is -2.27. The second kappa shape index (κ2) is 6.45. The molecule has 0 bridgehead atoms. The average molecular weight is 307 g/mol. The molecular weight excluding hydrogens is 292 g/mol. The molecule has 0 atom stereocenters. The molecule has 0 spiro atoms. The highest BCUT2D eigenvalue weighted by atomic mass is 35.5. The molecule has 0 unspecified atom stereocenters. The van der Waals surface area contributed by atoms with Crippen LogP contribution in [0.3, 0.4) is 0 Å². The molecule has 1 aromatic heterocycles. The third kappa shape index (κ3) is 4.10. The molecule has 1 heterocycles. The minimum Gasteiger partial charge on any atom is -0.478 e. The zero-order valence-electron chi connectivity index (χ0n) is 11.7. The first-order valence-electron chi connectivity index (χ1n) is 6.38. The van der Waals surface area contributed by atoms with Gasteiger partial charge in [0.05, 0.1) is 17.4 Å². The van der Waals surface area contributed by atoms with Gasteiger partial charge in [-0.1, -0.05) is 11.6 Å². The molecule has 0 amide bonds. The van der Waals surface area contributed by atoms with E-state index in [1.807, 2.05) is 13.8 Å². The Morgan fingerprint density at radius 1 is 1.43 bits per heavy atom. The standard InChI is InChI=1S/C15H15ClN2O3/c1-10(2)18-9-13(8-17-18)21-12-5-3-11(14(16)7-12)4-6-15(19)20/h3-10H,1-2H3,(H,19,20)/b6-4+. The zero-order valence-corrected chi connectivity index (χ0v) is 12.4. The Balaban J connectivity index is 2.14. The van der Waals surface area contributed by atoms with Crippen molar-refractivity contribution in [2.75, 3.05) is 0 Å². The topological polar surface area (TPSA) is 64.3 Å². The van der Waals surface area contributed by atoms with E-state index in [4.69, 9.17) is 21.4 Å². The maximum Gasteiger partial charge on any atom is 0.328 e. The quantitative estimate of drug-likeness (QED) is 0.848. The lowest BCUT2D eigenvalue weighted by Gasteiger charge is -2.06. The van der Waals surface area contributed by atoms with Gasteiger partial charge in [-0.3, -0.25) is 4.68 Å². The van der Waals surface area contributed by atoms with Gasteiger partial charge in [-0.2, -0.15) is 5.10 Å². The van der Waals surface area contributed by atoms with Crippen molar-refractivity contribution in [1.29, 1.82) is 0 Å². The molecule has 2 aromatic rings. The lowest BCUT2D eigenvalue weighted by molar-refractivity contribution is -0.131. The lowest BCUT2D eigenvalue weighted by atomic mass is 10.2. The number of aromatic nitrogens is 2. The summed E-state index contributed by atoms with van der Waals surface area (Å²) >= 11 is 6.09. The number of aliphatic carboxylic acids is 1. The third-order valence-electron chi connectivity index (χ3n) is 2.72. The van der Waals surface area contributed by atoms with Gasteiger partial charge in [0, 0.05) is 18.2 Å². The molecule has 1 aromatic carbocycles. The van der Waals surface area contributed by atoms with Gasteiger partial charge >= 0.3 is 5.97 Å². The predicted molar refractivity (Wildman–Crippen MR) is 80.8 cm³/mol. The summed E-state index contributed by atoms with van der Waals surface area (Å²) in [5.74, 6) is 0.164. The number of hydrogen-bond donors (Lipinski definition) is 1. The van der Waals surface area contributed by atoms with Gasteiger partial charge < -0.3 is 9.84 Å². The van der Waals surface area contributed by atoms with Crippen molar-refractivity contribution < 1.29 is 14.6 Å². The van der Waals surface area contributed by atoms with Crippen LogP contribution in [0.5, 0.6) is 11.5 Å². The van der Waals surface area contributed by atoms with Crippen LogP contribution in [0.2, 0.25) is 5.02 Å². The van der Waals surface area contributed by atoms with E-state index in [0.29, 0.717) is 22.1 Å². The highest BCUT2D eigenvalue weighted by Gasteiger charge is 2.06. The summed E-state index contributed by atoms with van der Waals surface area (Å²) in [6.45, 7) is 4.05. The van der Waals surface area contributed by atoms with Crippen molar-refractivity contribution >= 4 is 23.6 Å². The Bertz CT molecular complexity index is 677. The number of rotatable bonds is 5. The number of nitrogens with zero attached hydrogens (tertiary/aromatic N) is 2. The van der Waals surface area contributed by atoms with E-state index >= 15 is 0 Å². The number of ether oxygens (including phenoxy) is 1. The van der Waals surface area contributed by atoms with Crippen LogP contribution in [0.15, 0.2) is 36.7 Å². The number of carboxylic acids is 1. The van der Waals surface area contributed by atoms with Gasteiger partial charge in [0.2, 0.25) is 0 Å². The number of carboxylic acid groups (broad SMARTS) is 1. The molecule has 0 aliphatic rings. The largest absolute Gasteiger partial charge is 0.478 e. The van der Waals surface area contributed by atoms with Crippen LogP contribution >= 0.6 is 11.6 Å². The molecule has 110 valence electrons. The van der Waals surface area contributed by atoms with Crippen LogP contribution in [-0.4, -0.2) is 20.9 Å². The first-order chi connectivity index (χ1) is 9.95. The Labute approximate surface area is 127 Å². The summed E-state index contributed by atoms with van der Waals surface area (Å²) in [4.78, 5) is 10.5. The number of benzene rings is 1. The van der Waals surface area contributed by atoms with Crippen molar-refractivity contribution in [2.24, 2.45) is 0 Å². The summed E-state index contributed by atoms with van der Waals surface area (Å²) in [6, 6.07) is 5.31. The molecule has 1 N–H and O–H groups in total. The van der Waals surface area contributed by atoms with Crippen LogP contribution in [0.4, 0.5) is 0 Å². The van der Waals surface area contributed by atoms with E-state index in [1.54, 1.807) is 35.3 Å². The molecule has 0 saturated carbocycles. The number of carbonyl (C=O) groups is 1. The number of halogens is 1. The predicted octanol–water partition coefficient (Wildman–Crippen LogP) is 4.01. The molecule has 0 radical (unpaired) electrons. The highest BCUT2D eigenvalue weighted by Crippen LogP contribution is 2.27. The molecule has 2 rings (SSSR count). The van der Waals surface area contributed by atoms with Crippen molar-refractivity contribution in [2.45, 2.75) is 19.9 Å². The minimum absolute atomic E-state index is 0.259. The summed E-state index contributed by atoms with van der Waals surface area (Å²) in [5, 5.41) is 13.2. The van der Waals surface area contributed by atoms with E-state index in [0.717, 1.165) is 6.08 Å². The Morgan fingerprint density at radius 2 is 2.19 bits per heavy atom. The molecule has 0 saturated heterocycles. The molecule has 0 fully saturated rings. The van der Waals surface area contributed by atoms with Crippen molar-refractivity contribution in [3.05, 3.63) is 47.3 Å². The first kappa shape index (κ1) is 15.1. The summed E-state index contributed by atoms with van der Waals surface area (Å²) in [5.41, 5.74) is 0.615. The van der Waals surface area contributed by atoms with Gasteiger partial charge in [-0.05, 0) is 37.6 Å². The van der Waals surface area contributed by atoms with Crippen LogP contribution < -0.4 is 4.74 Å². The molecule has 6 heteroatoms. The Kier molecular flexibility index (Phi) is 4.65. The van der Waals surface area contributed by atoms with Crippen LogP contribution in [0.25, 0.3) is 6.08 Å². The normalized spacial score (nSPS) is 11.2. The lowest BCUT2D eigenvalue weighted by Crippen LogP contribution is -1.99. The molecule has 0 aliphatic carbocycles. The van der Waals surface area contributed by atoms with Crippen LogP contribution in [0.1, 0.15) is 25.5 Å². The SMILES string of the molecule is CC(C)n1cc(Oc2ccc(/C=C/C(=O)O)c(Cl)c2)cn1. The van der Waals surface area contributed by atoms with Crippen molar-refractivity contribution in [3.63, 3.8) is 0 Å². The maximum absolute atomic E-state index is 10.5. The maximum atomic E-state index is 10.5. The second-order valence-electron chi connectivity index (χ2n) is 4.71. The fraction of sp³-hybridized carbons (Fsp3) is 0.200. The van der Waals surface area contributed by atoms with Crippen molar-refractivity contribution in [1.82, 2.24) is 9.78 Å². The molecule has 5 nitrogen and oxygen atoms in total. The van der Waals surface area contributed by atoms with Gasteiger partial charge in [-0.25, -0.2) is 4.79 Å². The summed E-state index contributed by atoms with van der Waals surface area (Å²) in [6.07, 6.45) is 5.91. The zero-order chi connectivity index (χ0) is 15.4. The average Bonchev–Trinajstić information content (AvgIpc) is 2.86. The monoisotopic (exact) mass is 306 g/mol.